The van der Waals surface area contributed by atoms with Gasteiger partial charge in [-0.05, 0) is 18.4 Å². The molecule has 1 saturated heterocycles. The predicted octanol–water partition coefficient (Wildman–Crippen LogP) is 2.83. The van der Waals surface area contributed by atoms with E-state index in [1.165, 1.54) is 0 Å². The zero-order chi connectivity index (χ0) is 17.8. The first-order valence-electron chi connectivity index (χ1n) is 9.49. The molecule has 0 bridgehead atoms. The lowest BCUT2D eigenvalue weighted by Crippen LogP contribution is -2.51. The van der Waals surface area contributed by atoms with E-state index in [-0.39, 0.29) is 11.8 Å². The maximum Gasteiger partial charge on any atom is 0.225 e. The van der Waals surface area contributed by atoms with Gasteiger partial charge in [0.2, 0.25) is 5.91 Å². The second-order valence-corrected chi connectivity index (χ2v) is 7.32. The number of nitrogens with one attached hydrogen (secondary N) is 1. The van der Waals surface area contributed by atoms with Crippen LogP contribution in [0.2, 0.25) is 0 Å². The van der Waals surface area contributed by atoms with Crippen LogP contribution >= 0.6 is 0 Å². The molecule has 5 heteroatoms. The van der Waals surface area contributed by atoms with Gasteiger partial charge in [0.1, 0.15) is 13.2 Å². The number of nitrogens with zero attached hydrogens (tertiary/aromatic N) is 1. The SMILES string of the molecule is CC[C@H]1CN(C(=O)C(C)C)CC[C@@H]1NCc1cccc2c1OCCO2. The fraction of sp³-hybridized carbons (Fsp3) is 0.650. The average Bonchev–Trinajstić information content (AvgIpc) is 2.65. The van der Waals surface area contributed by atoms with Crippen molar-refractivity contribution in [1.29, 1.82) is 0 Å². The van der Waals surface area contributed by atoms with Gasteiger partial charge >= 0.3 is 0 Å². The Morgan fingerprint density at radius 3 is 2.88 bits per heavy atom. The van der Waals surface area contributed by atoms with Gasteiger partial charge in [-0.1, -0.05) is 39.3 Å². The van der Waals surface area contributed by atoms with Gasteiger partial charge in [-0.2, -0.15) is 0 Å². The van der Waals surface area contributed by atoms with Crippen LogP contribution in [0.15, 0.2) is 18.2 Å². The molecule has 1 aromatic rings. The molecule has 1 amide bonds. The summed E-state index contributed by atoms with van der Waals surface area (Å²) in [7, 11) is 0. The number of likely N-dealkylation sites (tertiary alicyclic amines) is 1. The van der Waals surface area contributed by atoms with Crippen molar-refractivity contribution in [3.63, 3.8) is 0 Å². The Hall–Kier alpha value is -1.75. The van der Waals surface area contributed by atoms with Crippen LogP contribution in [0.1, 0.15) is 39.2 Å². The van der Waals surface area contributed by atoms with Crippen molar-refractivity contribution in [3.8, 4) is 11.5 Å². The van der Waals surface area contributed by atoms with Gasteiger partial charge < -0.3 is 19.7 Å². The first-order valence-corrected chi connectivity index (χ1v) is 9.49. The highest BCUT2D eigenvalue weighted by Crippen LogP contribution is 2.34. The van der Waals surface area contributed by atoms with E-state index in [9.17, 15) is 4.79 Å². The van der Waals surface area contributed by atoms with Crippen LogP contribution in [0.25, 0.3) is 0 Å². The summed E-state index contributed by atoms with van der Waals surface area (Å²) in [5, 5.41) is 3.70. The number of hydrogen-bond donors (Lipinski definition) is 1. The molecule has 0 aromatic heterocycles. The number of ether oxygens (including phenoxy) is 2. The van der Waals surface area contributed by atoms with E-state index in [4.69, 9.17) is 9.47 Å². The number of benzene rings is 1. The summed E-state index contributed by atoms with van der Waals surface area (Å²) in [6, 6.07) is 6.51. The highest BCUT2D eigenvalue weighted by Gasteiger charge is 2.31. The number of piperidine rings is 1. The van der Waals surface area contributed by atoms with Crippen LogP contribution in [0.4, 0.5) is 0 Å². The molecule has 25 heavy (non-hydrogen) atoms. The van der Waals surface area contributed by atoms with Gasteiger partial charge in [-0.3, -0.25) is 4.79 Å². The second-order valence-electron chi connectivity index (χ2n) is 7.32. The number of para-hydroxylation sites is 1. The van der Waals surface area contributed by atoms with E-state index in [1.807, 2.05) is 30.9 Å². The summed E-state index contributed by atoms with van der Waals surface area (Å²) in [5.74, 6) is 2.57. The summed E-state index contributed by atoms with van der Waals surface area (Å²) in [4.78, 5) is 14.3. The molecule has 138 valence electrons. The summed E-state index contributed by atoms with van der Waals surface area (Å²) in [6.45, 7) is 9.87. The van der Waals surface area contributed by atoms with E-state index in [0.29, 0.717) is 25.2 Å². The molecule has 1 aromatic carbocycles. The molecule has 2 aliphatic rings. The maximum atomic E-state index is 12.3. The van der Waals surface area contributed by atoms with Gasteiger partial charge in [-0.25, -0.2) is 0 Å². The Kier molecular flexibility index (Phi) is 5.84. The largest absolute Gasteiger partial charge is 0.486 e. The third-order valence-electron chi connectivity index (χ3n) is 5.27. The molecule has 5 nitrogen and oxygen atoms in total. The standard InChI is InChI=1S/C20H30N2O3/c1-4-15-13-22(20(23)14(2)3)9-8-17(15)21-12-16-6-5-7-18-19(16)25-11-10-24-18/h5-7,14-15,17,21H,4,8-13H2,1-3H3/t15-,17-/m0/s1. The molecule has 1 N–H and O–H groups in total. The van der Waals surface area contributed by atoms with Crippen molar-refractivity contribution < 1.29 is 14.3 Å². The number of hydrogen-bond acceptors (Lipinski definition) is 4. The van der Waals surface area contributed by atoms with Crippen molar-refractivity contribution >= 4 is 5.91 Å². The molecule has 2 aliphatic heterocycles. The normalized spacial score (nSPS) is 23.0. The third-order valence-corrected chi connectivity index (χ3v) is 5.27. The van der Waals surface area contributed by atoms with E-state index < -0.39 is 0 Å². The second kappa shape index (κ2) is 8.09. The van der Waals surface area contributed by atoms with Gasteiger partial charge in [0.15, 0.2) is 11.5 Å². The molecule has 2 atom stereocenters. The molecule has 0 aliphatic carbocycles. The highest BCUT2D eigenvalue weighted by atomic mass is 16.6. The van der Waals surface area contributed by atoms with Crippen molar-refractivity contribution in [1.82, 2.24) is 10.2 Å². The number of amides is 1. The van der Waals surface area contributed by atoms with Gasteiger partial charge in [-0.15, -0.1) is 0 Å². The van der Waals surface area contributed by atoms with Crippen LogP contribution in [0.3, 0.4) is 0 Å². The molecule has 0 radical (unpaired) electrons. The monoisotopic (exact) mass is 346 g/mol. The molecular formula is C20H30N2O3. The zero-order valence-corrected chi connectivity index (χ0v) is 15.6. The quantitative estimate of drug-likeness (QED) is 0.891. The smallest absolute Gasteiger partial charge is 0.225 e. The number of carbonyl (C=O) groups excluding carboxylic acids is 1. The molecule has 1 fully saturated rings. The van der Waals surface area contributed by atoms with Crippen molar-refractivity contribution in [2.75, 3.05) is 26.3 Å². The fourth-order valence-corrected chi connectivity index (χ4v) is 3.79. The summed E-state index contributed by atoms with van der Waals surface area (Å²) in [5.41, 5.74) is 1.15. The van der Waals surface area contributed by atoms with Crippen molar-refractivity contribution in [2.45, 2.75) is 46.2 Å². The molecule has 0 saturated carbocycles. The molecule has 2 heterocycles. The first kappa shape index (κ1) is 18.1. The first-order chi connectivity index (χ1) is 12.1. The third kappa shape index (κ3) is 4.09. The average molecular weight is 346 g/mol. The minimum Gasteiger partial charge on any atom is -0.486 e. The lowest BCUT2D eigenvalue weighted by atomic mass is 9.89. The van der Waals surface area contributed by atoms with E-state index in [0.717, 1.165) is 49.5 Å². The van der Waals surface area contributed by atoms with E-state index >= 15 is 0 Å². The lowest BCUT2D eigenvalue weighted by molar-refractivity contribution is -0.136. The molecular weight excluding hydrogens is 316 g/mol. The lowest BCUT2D eigenvalue weighted by Gasteiger charge is -2.39. The van der Waals surface area contributed by atoms with Crippen LogP contribution in [0.5, 0.6) is 11.5 Å². The van der Waals surface area contributed by atoms with Crippen molar-refractivity contribution in [2.24, 2.45) is 11.8 Å². The Bertz CT molecular complexity index is 603. The van der Waals surface area contributed by atoms with Crippen LogP contribution in [-0.4, -0.2) is 43.2 Å². The Morgan fingerprint density at radius 2 is 2.12 bits per heavy atom. The van der Waals surface area contributed by atoms with Crippen LogP contribution in [0, 0.1) is 11.8 Å². The topological polar surface area (TPSA) is 50.8 Å². The Morgan fingerprint density at radius 1 is 1.32 bits per heavy atom. The van der Waals surface area contributed by atoms with Gasteiger partial charge in [0.05, 0.1) is 0 Å². The fourth-order valence-electron chi connectivity index (χ4n) is 3.79. The van der Waals surface area contributed by atoms with E-state index in [1.54, 1.807) is 0 Å². The summed E-state index contributed by atoms with van der Waals surface area (Å²) in [6.07, 6.45) is 2.08. The maximum absolute atomic E-state index is 12.3. The summed E-state index contributed by atoms with van der Waals surface area (Å²) < 4.78 is 11.5. The highest BCUT2D eigenvalue weighted by molar-refractivity contribution is 5.78. The predicted molar refractivity (Wildman–Crippen MR) is 97.9 cm³/mol. The minimum absolute atomic E-state index is 0.0787. The van der Waals surface area contributed by atoms with E-state index in [2.05, 4.69) is 18.3 Å². The molecule has 3 rings (SSSR count). The van der Waals surface area contributed by atoms with Gasteiger partial charge in [0, 0.05) is 37.2 Å². The zero-order valence-electron chi connectivity index (χ0n) is 15.6. The van der Waals surface area contributed by atoms with Crippen LogP contribution < -0.4 is 14.8 Å². The van der Waals surface area contributed by atoms with Gasteiger partial charge in [0.25, 0.3) is 0 Å². The van der Waals surface area contributed by atoms with Crippen LogP contribution in [-0.2, 0) is 11.3 Å². The molecule has 0 spiro atoms. The Labute approximate surface area is 150 Å². The number of carbonyl (C=O) groups is 1. The Balaban J connectivity index is 1.61. The van der Waals surface area contributed by atoms with Crippen molar-refractivity contribution in [3.05, 3.63) is 23.8 Å². The molecule has 0 unspecified atom stereocenters. The minimum atomic E-state index is 0.0787. The summed E-state index contributed by atoms with van der Waals surface area (Å²) >= 11 is 0. The number of fused-ring (bicyclic) bond motifs is 1. The number of rotatable bonds is 5.